The van der Waals surface area contributed by atoms with Crippen LogP contribution in [0.15, 0.2) is 5.16 Å². The normalized spacial score (nSPS) is 49.6. The Bertz CT molecular complexity index is 713. The van der Waals surface area contributed by atoms with E-state index in [2.05, 4.69) is 24.3 Å². The number of Topliss-reactive ketones (excluding diaryl/α,β-unsaturated/α-hetero) is 2. The van der Waals surface area contributed by atoms with Crippen molar-refractivity contribution in [1.29, 1.82) is 0 Å². The second-order valence-corrected chi connectivity index (χ2v) is 10.6. The van der Waals surface area contributed by atoms with Crippen LogP contribution in [0.3, 0.4) is 0 Å². The molecule has 5 nitrogen and oxygen atoms in total. The minimum Gasteiger partial charge on any atom is -0.391 e. The molecule has 1 N–H and O–H groups in total. The van der Waals surface area contributed by atoms with Crippen molar-refractivity contribution in [3.63, 3.8) is 0 Å². The smallest absolute Gasteiger partial charge is 0.141 e. The van der Waals surface area contributed by atoms with Crippen LogP contribution >= 0.6 is 0 Å². The van der Waals surface area contributed by atoms with E-state index in [9.17, 15) is 9.59 Å². The molecule has 4 aliphatic carbocycles. The van der Waals surface area contributed by atoms with Crippen LogP contribution in [-0.4, -0.2) is 36.5 Å². The molecule has 0 radical (unpaired) electrons. The zero-order valence-corrected chi connectivity index (χ0v) is 17.3. The molecular formula is C23H34N2O3. The van der Waals surface area contributed by atoms with Gasteiger partial charge in [-0.15, -0.1) is 0 Å². The second-order valence-electron chi connectivity index (χ2n) is 10.6. The molecule has 0 bridgehead atoms. The third kappa shape index (κ3) is 2.72. The molecule has 4 saturated carbocycles. The number of oxime groups is 1. The van der Waals surface area contributed by atoms with Gasteiger partial charge in [-0.3, -0.25) is 9.59 Å². The summed E-state index contributed by atoms with van der Waals surface area (Å²) in [5, 5.41) is 7.82. The summed E-state index contributed by atoms with van der Waals surface area (Å²) in [6, 6.07) is 0. The van der Waals surface area contributed by atoms with Crippen molar-refractivity contribution in [3.8, 4) is 0 Å². The minimum absolute atomic E-state index is 0.116. The molecule has 0 aromatic heterocycles. The van der Waals surface area contributed by atoms with Crippen molar-refractivity contribution in [2.75, 3.05) is 13.1 Å². The number of carbonyl (C=O) groups is 2. The number of hydrogen-bond donors (Lipinski definition) is 1. The van der Waals surface area contributed by atoms with E-state index in [0.717, 1.165) is 63.7 Å². The molecule has 0 aromatic carbocycles. The number of ketones is 2. The minimum atomic E-state index is -0.232. The Morgan fingerprint density at radius 3 is 2.68 bits per heavy atom. The first kappa shape index (κ1) is 18.8. The van der Waals surface area contributed by atoms with Crippen LogP contribution in [0.1, 0.15) is 71.6 Å². The molecule has 0 spiro atoms. The quantitative estimate of drug-likeness (QED) is 0.738. The maximum Gasteiger partial charge on any atom is 0.141 e. The van der Waals surface area contributed by atoms with E-state index in [-0.39, 0.29) is 28.8 Å². The fourth-order valence-electron chi connectivity index (χ4n) is 7.46. The average molecular weight is 387 g/mol. The molecule has 1 saturated heterocycles. The highest BCUT2D eigenvalue weighted by Crippen LogP contribution is 2.64. The van der Waals surface area contributed by atoms with Crippen LogP contribution in [-0.2, 0) is 14.4 Å². The highest BCUT2D eigenvalue weighted by atomic mass is 16.6. The van der Waals surface area contributed by atoms with Crippen molar-refractivity contribution >= 4 is 17.3 Å². The highest BCUT2D eigenvalue weighted by Gasteiger charge is 2.62. The van der Waals surface area contributed by atoms with Gasteiger partial charge in [0.05, 0.1) is 5.71 Å². The van der Waals surface area contributed by atoms with Gasteiger partial charge in [0.2, 0.25) is 0 Å². The number of fused-ring (bicyclic) bond motifs is 5. The lowest BCUT2D eigenvalue weighted by molar-refractivity contribution is -0.154. The van der Waals surface area contributed by atoms with Crippen molar-refractivity contribution < 1.29 is 14.4 Å². The van der Waals surface area contributed by atoms with E-state index in [1.54, 1.807) is 0 Å². The van der Waals surface area contributed by atoms with E-state index in [1.807, 2.05) is 0 Å². The largest absolute Gasteiger partial charge is 0.391 e. The molecule has 5 heteroatoms. The molecule has 1 unspecified atom stereocenters. The Kier molecular flexibility index (Phi) is 4.46. The molecule has 5 aliphatic rings. The van der Waals surface area contributed by atoms with Gasteiger partial charge in [-0.25, -0.2) is 0 Å². The summed E-state index contributed by atoms with van der Waals surface area (Å²) in [6.07, 6.45) is 8.54. The van der Waals surface area contributed by atoms with Crippen LogP contribution in [0.2, 0.25) is 0 Å². The lowest BCUT2D eigenvalue weighted by Gasteiger charge is -2.58. The molecule has 28 heavy (non-hydrogen) atoms. The molecule has 1 heterocycles. The van der Waals surface area contributed by atoms with Gasteiger partial charge < -0.3 is 10.2 Å². The van der Waals surface area contributed by atoms with Gasteiger partial charge in [-0.2, -0.15) is 0 Å². The molecule has 7 atom stereocenters. The maximum atomic E-state index is 13.3. The first-order chi connectivity index (χ1) is 13.4. The Morgan fingerprint density at radius 1 is 1.04 bits per heavy atom. The molecule has 0 aromatic rings. The third-order valence-electron chi connectivity index (χ3n) is 9.36. The number of rotatable bonds is 2. The van der Waals surface area contributed by atoms with E-state index < -0.39 is 0 Å². The average Bonchev–Trinajstić information content (AvgIpc) is 3.29. The standard InChI is InChI=1S/C23H34N2O3/c1-22-8-5-15(25-28-16-7-10-24-13-16)11-14(22)12-19(26)21-17-3-4-20(27)23(17,2)9-6-18(21)22/h14,16-18,21,24H,3-13H2,1-2H3/b25-15+/t14?,16-,17-,18-,21-,22-,23-/m0/s1. The van der Waals surface area contributed by atoms with Crippen LogP contribution in [0.4, 0.5) is 0 Å². The number of hydrogen-bond acceptors (Lipinski definition) is 5. The van der Waals surface area contributed by atoms with Crippen LogP contribution in [0, 0.1) is 34.5 Å². The topological polar surface area (TPSA) is 67.8 Å². The molecular weight excluding hydrogens is 352 g/mol. The monoisotopic (exact) mass is 386 g/mol. The summed E-state index contributed by atoms with van der Waals surface area (Å²) < 4.78 is 0. The van der Waals surface area contributed by atoms with Gasteiger partial charge in [-0.1, -0.05) is 19.0 Å². The Morgan fingerprint density at radius 2 is 1.89 bits per heavy atom. The fourth-order valence-corrected chi connectivity index (χ4v) is 7.46. The predicted octanol–water partition coefficient (Wildman–Crippen LogP) is 3.51. The van der Waals surface area contributed by atoms with Crippen LogP contribution < -0.4 is 5.32 Å². The van der Waals surface area contributed by atoms with Gasteiger partial charge in [-0.05, 0) is 68.2 Å². The predicted molar refractivity (Wildman–Crippen MR) is 107 cm³/mol. The number of carbonyl (C=O) groups excluding carboxylic acids is 2. The Balaban J connectivity index is 1.35. The Hall–Kier alpha value is -1.23. The van der Waals surface area contributed by atoms with E-state index in [0.29, 0.717) is 36.2 Å². The molecule has 5 fully saturated rings. The van der Waals surface area contributed by atoms with Gasteiger partial charge >= 0.3 is 0 Å². The van der Waals surface area contributed by atoms with Crippen molar-refractivity contribution in [2.45, 2.75) is 77.7 Å². The third-order valence-corrected chi connectivity index (χ3v) is 9.36. The van der Waals surface area contributed by atoms with Crippen molar-refractivity contribution in [1.82, 2.24) is 5.32 Å². The van der Waals surface area contributed by atoms with E-state index in [1.165, 1.54) is 0 Å². The van der Waals surface area contributed by atoms with Crippen molar-refractivity contribution in [2.24, 2.45) is 39.7 Å². The fraction of sp³-hybridized carbons (Fsp3) is 0.870. The second kappa shape index (κ2) is 6.65. The number of nitrogens with zero attached hydrogens (tertiary/aromatic N) is 1. The first-order valence-electron chi connectivity index (χ1n) is 11.4. The van der Waals surface area contributed by atoms with E-state index >= 15 is 0 Å². The molecule has 0 amide bonds. The van der Waals surface area contributed by atoms with Crippen LogP contribution in [0.25, 0.3) is 0 Å². The van der Waals surface area contributed by atoms with Gasteiger partial charge in [0.15, 0.2) is 0 Å². The zero-order chi connectivity index (χ0) is 19.5. The SMILES string of the molecule is C[C@]12CC/C(=N\O[C@H]3CCNC3)CC1CC(=O)[C@@H]1[C@@H]2CC[C@]2(C)C(=O)CC[C@@H]12. The molecule has 1 aliphatic heterocycles. The number of nitrogens with one attached hydrogen (secondary N) is 1. The van der Waals surface area contributed by atoms with Gasteiger partial charge in [0.25, 0.3) is 0 Å². The Labute approximate surface area is 168 Å². The summed E-state index contributed by atoms with van der Waals surface area (Å²) in [6.45, 7) is 6.47. The lowest BCUT2D eigenvalue weighted by atomic mass is 9.45. The summed E-state index contributed by atoms with van der Waals surface area (Å²) >= 11 is 0. The molecule has 5 rings (SSSR count). The van der Waals surface area contributed by atoms with Crippen molar-refractivity contribution in [3.05, 3.63) is 0 Å². The first-order valence-corrected chi connectivity index (χ1v) is 11.4. The molecule has 154 valence electrons. The maximum absolute atomic E-state index is 13.3. The van der Waals surface area contributed by atoms with E-state index in [4.69, 9.17) is 4.84 Å². The summed E-state index contributed by atoms with van der Waals surface area (Å²) in [5.41, 5.74) is 1.13. The summed E-state index contributed by atoms with van der Waals surface area (Å²) in [7, 11) is 0. The highest BCUT2D eigenvalue weighted by molar-refractivity contribution is 5.91. The summed E-state index contributed by atoms with van der Waals surface area (Å²) in [5.74, 6) is 2.08. The lowest BCUT2D eigenvalue weighted by Crippen LogP contribution is -2.57. The van der Waals surface area contributed by atoms with Crippen LogP contribution in [0.5, 0.6) is 0 Å². The summed E-state index contributed by atoms with van der Waals surface area (Å²) in [4.78, 5) is 31.6. The van der Waals surface area contributed by atoms with Gasteiger partial charge in [0.1, 0.15) is 17.7 Å². The van der Waals surface area contributed by atoms with Gasteiger partial charge in [0, 0.05) is 37.1 Å². The zero-order valence-electron chi connectivity index (χ0n) is 17.3.